The predicted molar refractivity (Wildman–Crippen MR) is 80.7 cm³/mol. The van der Waals surface area contributed by atoms with Gasteiger partial charge < -0.3 is 0 Å². The van der Waals surface area contributed by atoms with E-state index in [1.165, 1.54) is 12.1 Å². The fourth-order valence-corrected chi connectivity index (χ4v) is 2.74. The SMILES string of the molecule is Cc1cc(F)c(C(Br)c2ccc(Br)c(C)c2)cc1F. The van der Waals surface area contributed by atoms with Gasteiger partial charge >= 0.3 is 0 Å². The lowest BCUT2D eigenvalue weighted by molar-refractivity contribution is 0.581. The van der Waals surface area contributed by atoms with Crippen LogP contribution in [0, 0.1) is 25.5 Å². The first-order chi connectivity index (χ1) is 8.90. The summed E-state index contributed by atoms with van der Waals surface area (Å²) >= 11 is 6.86. The molecule has 1 unspecified atom stereocenters. The van der Waals surface area contributed by atoms with Crippen molar-refractivity contribution in [3.8, 4) is 0 Å². The van der Waals surface area contributed by atoms with Gasteiger partial charge in [0.2, 0.25) is 0 Å². The molecule has 0 heterocycles. The van der Waals surface area contributed by atoms with E-state index in [9.17, 15) is 8.78 Å². The van der Waals surface area contributed by atoms with Crippen LogP contribution in [-0.2, 0) is 0 Å². The zero-order valence-electron chi connectivity index (χ0n) is 10.5. The quantitative estimate of drug-likeness (QED) is 0.567. The third-order valence-electron chi connectivity index (χ3n) is 3.03. The molecule has 0 nitrogen and oxygen atoms in total. The van der Waals surface area contributed by atoms with Gasteiger partial charge in [0.1, 0.15) is 11.6 Å². The Bertz CT molecular complexity index is 624. The molecule has 0 aliphatic heterocycles. The molecular weight excluding hydrogens is 378 g/mol. The first-order valence-corrected chi connectivity index (χ1v) is 7.46. The van der Waals surface area contributed by atoms with E-state index in [2.05, 4.69) is 31.9 Å². The Morgan fingerprint density at radius 2 is 1.63 bits per heavy atom. The number of alkyl halides is 1. The largest absolute Gasteiger partial charge is 0.207 e. The first kappa shape index (κ1) is 14.7. The second-order valence-electron chi connectivity index (χ2n) is 4.49. The molecule has 19 heavy (non-hydrogen) atoms. The van der Waals surface area contributed by atoms with E-state index in [-0.39, 0.29) is 4.83 Å². The smallest absolute Gasteiger partial charge is 0.128 e. The fraction of sp³-hybridized carbons (Fsp3) is 0.200. The summed E-state index contributed by atoms with van der Waals surface area (Å²) in [6.07, 6.45) is 0. The number of aryl methyl sites for hydroxylation is 2. The lowest BCUT2D eigenvalue weighted by Gasteiger charge is -2.14. The van der Waals surface area contributed by atoms with Gasteiger partial charge in [-0.25, -0.2) is 8.78 Å². The fourth-order valence-electron chi connectivity index (χ4n) is 1.86. The van der Waals surface area contributed by atoms with Crippen molar-refractivity contribution in [3.63, 3.8) is 0 Å². The molecule has 1 atom stereocenters. The lowest BCUT2D eigenvalue weighted by Crippen LogP contribution is -2.00. The van der Waals surface area contributed by atoms with Crippen LogP contribution in [0.25, 0.3) is 0 Å². The average molecular weight is 390 g/mol. The summed E-state index contributed by atoms with van der Waals surface area (Å²) in [5.74, 6) is -0.795. The minimum absolute atomic E-state index is 0.310. The summed E-state index contributed by atoms with van der Waals surface area (Å²) in [5, 5.41) is 0. The van der Waals surface area contributed by atoms with Crippen molar-refractivity contribution in [1.29, 1.82) is 0 Å². The zero-order chi connectivity index (χ0) is 14.2. The summed E-state index contributed by atoms with van der Waals surface area (Å²) in [7, 11) is 0. The normalized spacial score (nSPS) is 12.5. The number of hydrogen-bond acceptors (Lipinski definition) is 0. The van der Waals surface area contributed by atoms with Crippen molar-refractivity contribution in [1.82, 2.24) is 0 Å². The maximum atomic E-state index is 13.9. The highest BCUT2D eigenvalue weighted by Gasteiger charge is 2.17. The summed E-state index contributed by atoms with van der Waals surface area (Å²) in [4.78, 5) is -0.366. The highest BCUT2D eigenvalue weighted by atomic mass is 79.9. The molecule has 0 aliphatic rings. The Hall–Kier alpha value is -0.740. The molecular formula is C15H12Br2F2. The van der Waals surface area contributed by atoms with Crippen LogP contribution >= 0.6 is 31.9 Å². The van der Waals surface area contributed by atoms with Gasteiger partial charge in [-0.15, -0.1) is 0 Å². The van der Waals surface area contributed by atoms with Gasteiger partial charge in [0, 0.05) is 10.0 Å². The molecule has 100 valence electrons. The second kappa shape index (κ2) is 5.71. The van der Waals surface area contributed by atoms with Crippen LogP contribution in [0.3, 0.4) is 0 Å². The van der Waals surface area contributed by atoms with E-state index in [0.717, 1.165) is 15.6 Å². The third kappa shape index (κ3) is 3.06. The Morgan fingerprint density at radius 1 is 0.947 bits per heavy atom. The molecule has 0 aliphatic carbocycles. The van der Waals surface area contributed by atoms with E-state index >= 15 is 0 Å². The van der Waals surface area contributed by atoms with E-state index in [1.807, 2.05) is 25.1 Å². The van der Waals surface area contributed by atoms with Crippen LogP contribution in [0.5, 0.6) is 0 Å². The van der Waals surface area contributed by atoms with Gasteiger partial charge in [0.05, 0.1) is 4.83 Å². The van der Waals surface area contributed by atoms with Crippen molar-refractivity contribution < 1.29 is 8.78 Å². The summed E-state index contributed by atoms with van der Waals surface area (Å²) < 4.78 is 28.5. The third-order valence-corrected chi connectivity index (χ3v) is 4.94. The number of rotatable bonds is 2. The molecule has 2 aromatic rings. The zero-order valence-corrected chi connectivity index (χ0v) is 13.6. The standard InChI is InChI=1S/C15H12Br2F2/c1-8-5-10(3-4-12(8)16)15(17)11-7-13(18)9(2)6-14(11)19/h3-7,15H,1-2H3. The topological polar surface area (TPSA) is 0 Å². The molecule has 0 aromatic heterocycles. The van der Waals surface area contributed by atoms with Gasteiger partial charge in [-0.05, 0) is 48.7 Å². The summed E-state index contributed by atoms with van der Waals surface area (Å²) in [6, 6.07) is 8.21. The van der Waals surface area contributed by atoms with Crippen molar-refractivity contribution in [2.45, 2.75) is 18.7 Å². The van der Waals surface area contributed by atoms with Crippen LogP contribution < -0.4 is 0 Å². The maximum absolute atomic E-state index is 13.9. The minimum atomic E-state index is -0.402. The molecule has 0 amide bonds. The van der Waals surface area contributed by atoms with Crippen molar-refractivity contribution in [2.24, 2.45) is 0 Å². The number of hydrogen-bond donors (Lipinski definition) is 0. The molecule has 0 bridgehead atoms. The Morgan fingerprint density at radius 3 is 2.26 bits per heavy atom. The molecule has 0 spiro atoms. The lowest BCUT2D eigenvalue weighted by atomic mass is 10.0. The van der Waals surface area contributed by atoms with Gasteiger partial charge in [-0.2, -0.15) is 0 Å². The molecule has 4 heteroatoms. The molecule has 0 saturated heterocycles. The summed E-state index contributed by atoms with van der Waals surface area (Å²) in [5.41, 5.74) is 2.57. The monoisotopic (exact) mass is 388 g/mol. The molecule has 2 aromatic carbocycles. The molecule has 2 rings (SSSR count). The van der Waals surface area contributed by atoms with Crippen LogP contribution in [0.2, 0.25) is 0 Å². The highest BCUT2D eigenvalue weighted by Crippen LogP contribution is 2.35. The van der Waals surface area contributed by atoms with E-state index < -0.39 is 11.6 Å². The van der Waals surface area contributed by atoms with Gasteiger partial charge in [0.15, 0.2) is 0 Å². The number of halogens is 4. The van der Waals surface area contributed by atoms with Gasteiger partial charge in [0.25, 0.3) is 0 Å². The molecule has 0 radical (unpaired) electrons. The van der Waals surface area contributed by atoms with Gasteiger partial charge in [-0.3, -0.25) is 0 Å². The van der Waals surface area contributed by atoms with Crippen LogP contribution in [0.1, 0.15) is 27.1 Å². The molecule has 0 fully saturated rings. The van der Waals surface area contributed by atoms with Crippen molar-refractivity contribution in [2.75, 3.05) is 0 Å². The van der Waals surface area contributed by atoms with E-state index in [1.54, 1.807) is 6.92 Å². The Kier molecular flexibility index (Phi) is 4.41. The molecule has 0 N–H and O–H groups in total. The maximum Gasteiger partial charge on any atom is 0.128 e. The van der Waals surface area contributed by atoms with Crippen molar-refractivity contribution >= 4 is 31.9 Å². The molecule has 0 saturated carbocycles. The Balaban J connectivity index is 2.46. The average Bonchev–Trinajstić information content (AvgIpc) is 2.36. The minimum Gasteiger partial charge on any atom is -0.207 e. The second-order valence-corrected chi connectivity index (χ2v) is 6.26. The van der Waals surface area contributed by atoms with Gasteiger partial charge in [-0.1, -0.05) is 44.0 Å². The van der Waals surface area contributed by atoms with E-state index in [4.69, 9.17) is 0 Å². The van der Waals surface area contributed by atoms with Crippen LogP contribution in [0.15, 0.2) is 34.8 Å². The number of benzene rings is 2. The van der Waals surface area contributed by atoms with E-state index in [0.29, 0.717) is 11.1 Å². The first-order valence-electron chi connectivity index (χ1n) is 5.76. The highest BCUT2D eigenvalue weighted by molar-refractivity contribution is 9.10. The summed E-state index contributed by atoms with van der Waals surface area (Å²) in [6.45, 7) is 3.51. The van der Waals surface area contributed by atoms with Crippen LogP contribution in [0.4, 0.5) is 8.78 Å². The van der Waals surface area contributed by atoms with Crippen LogP contribution in [-0.4, -0.2) is 0 Å². The predicted octanol–water partition coefficient (Wildman–Crippen LogP) is 5.83. The Labute approximate surface area is 128 Å². The van der Waals surface area contributed by atoms with Crippen molar-refractivity contribution in [3.05, 3.63) is 68.7 Å².